The number of nitrogens with zero attached hydrogens (tertiary/aromatic N) is 2. The second kappa shape index (κ2) is 13.9. The molecular weight excluding hydrogens is 524 g/mol. The number of carbonyl (C=O) groups is 3. The number of allylic oxidation sites excluding steroid dienone is 1. The summed E-state index contributed by atoms with van der Waals surface area (Å²) in [5.41, 5.74) is 0. The molecule has 1 saturated carbocycles. The fourth-order valence-corrected chi connectivity index (χ4v) is 10.2. The van der Waals surface area contributed by atoms with Gasteiger partial charge in [-0.2, -0.15) is 0 Å². The predicted octanol–water partition coefficient (Wildman–Crippen LogP) is 5.27. The number of hydrogen-bond acceptors (Lipinski definition) is 6. The minimum atomic E-state index is -0.603. The highest BCUT2D eigenvalue weighted by atomic mass is 32.2. The summed E-state index contributed by atoms with van der Waals surface area (Å²) < 4.78 is 4.78. The second-order valence-electron chi connectivity index (χ2n) is 12.4. The van der Waals surface area contributed by atoms with Gasteiger partial charge in [-0.05, 0) is 64.7 Å². The minimum absolute atomic E-state index is 0.0354. The number of amides is 2. The van der Waals surface area contributed by atoms with Crippen LogP contribution in [-0.4, -0.2) is 80.6 Å². The molecular formula is C32H50N2O5S. The molecule has 0 aromatic carbocycles. The van der Waals surface area contributed by atoms with Crippen LogP contribution in [0.2, 0.25) is 0 Å². The molecule has 40 heavy (non-hydrogen) atoms. The van der Waals surface area contributed by atoms with Gasteiger partial charge in [-0.15, -0.1) is 24.9 Å². The Balaban J connectivity index is 1.61. The van der Waals surface area contributed by atoms with Crippen molar-refractivity contribution in [1.29, 1.82) is 0 Å². The zero-order chi connectivity index (χ0) is 28.8. The number of ether oxygens (including phenoxy) is 1. The zero-order valence-electron chi connectivity index (χ0n) is 24.5. The molecule has 1 aliphatic carbocycles. The first-order valence-corrected chi connectivity index (χ1v) is 16.5. The summed E-state index contributed by atoms with van der Waals surface area (Å²) in [5.74, 6) is -1.35. The Labute approximate surface area is 245 Å². The molecule has 1 N–H and O–H groups in total. The summed E-state index contributed by atoms with van der Waals surface area (Å²) in [7, 11) is 0. The molecule has 8 heteroatoms. The molecule has 0 aromatic heterocycles. The van der Waals surface area contributed by atoms with Crippen LogP contribution < -0.4 is 0 Å². The van der Waals surface area contributed by atoms with Gasteiger partial charge in [0.25, 0.3) is 0 Å². The average Bonchev–Trinajstić information content (AvgIpc) is 3.52. The Bertz CT molecular complexity index is 936. The van der Waals surface area contributed by atoms with Crippen LogP contribution >= 0.6 is 11.8 Å². The lowest BCUT2D eigenvalue weighted by Gasteiger charge is -2.41. The molecule has 3 heterocycles. The molecule has 224 valence electrons. The lowest BCUT2D eigenvalue weighted by atomic mass is 9.66. The van der Waals surface area contributed by atoms with Crippen molar-refractivity contribution in [3.05, 3.63) is 25.3 Å². The summed E-state index contributed by atoms with van der Waals surface area (Å²) in [4.78, 5) is 46.4. The van der Waals surface area contributed by atoms with Gasteiger partial charge in [-0.3, -0.25) is 14.4 Å². The van der Waals surface area contributed by atoms with E-state index in [4.69, 9.17) is 4.74 Å². The molecule has 5 atom stereocenters. The van der Waals surface area contributed by atoms with E-state index in [1.54, 1.807) is 11.8 Å². The highest BCUT2D eigenvalue weighted by Gasteiger charge is 2.77. The van der Waals surface area contributed by atoms with Gasteiger partial charge in [0.1, 0.15) is 6.04 Å². The summed E-state index contributed by atoms with van der Waals surface area (Å²) in [5, 5.41) is 9.18. The Hall–Kier alpha value is -1.80. The number of unbranched alkanes of at least 4 members (excludes halogenated alkanes) is 5. The van der Waals surface area contributed by atoms with Crippen LogP contribution in [0.4, 0.5) is 0 Å². The highest BCUT2D eigenvalue weighted by molar-refractivity contribution is 8.02. The Morgan fingerprint density at radius 2 is 1.82 bits per heavy atom. The fourth-order valence-electron chi connectivity index (χ4n) is 7.81. The van der Waals surface area contributed by atoms with Crippen molar-refractivity contribution in [3.8, 4) is 0 Å². The van der Waals surface area contributed by atoms with Crippen LogP contribution in [0.25, 0.3) is 0 Å². The lowest BCUT2D eigenvalue weighted by Crippen LogP contribution is -2.57. The number of aliphatic hydroxyl groups excluding tert-OH is 1. The quantitative estimate of drug-likeness (QED) is 0.154. The molecule has 3 aliphatic heterocycles. The third-order valence-electron chi connectivity index (χ3n) is 9.74. The van der Waals surface area contributed by atoms with Crippen LogP contribution in [0.5, 0.6) is 0 Å². The van der Waals surface area contributed by atoms with Crippen LogP contribution in [0.1, 0.15) is 96.8 Å². The van der Waals surface area contributed by atoms with E-state index in [9.17, 15) is 19.5 Å². The van der Waals surface area contributed by atoms with Crippen LogP contribution in [0.15, 0.2) is 25.3 Å². The van der Waals surface area contributed by atoms with Gasteiger partial charge in [0.2, 0.25) is 11.8 Å². The first-order chi connectivity index (χ1) is 19.3. The van der Waals surface area contributed by atoms with Crippen molar-refractivity contribution in [2.45, 2.75) is 118 Å². The van der Waals surface area contributed by atoms with E-state index in [0.29, 0.717) is 19.7 Å². The van der Waals surface area contributed by atoms with Crippen molar-refractivity contribution in [1.82, 2.24) is 9.80 Å². The van der Waals surface area contributed by atoms with Crippen LogP contribution in [0.3, 0.4) is 0 Å². The number of esters is 1. The topological polar surface area (TPSA) is 87.1 Å². The van der Waals surface area contributed by atoms with E-state index >= 15 is 0 Å². The normalized spacial score (nSPS) is 31.3. The maximum absolute atomic E-state index is 14.6. The number of fused-ring (bicyclic) bond motifs is 1. The number of likely N-dealkylation sites (tertiary alicyclic amines) is 1. The average molecular weight is 575 g/mol. The van der Waals surface area contributed by atoms with Crippen LogP contribution in [-0.2, 0) is 19.1 Å². The molecule has 2 bridgehead atoms. The maximum atomic E-state index is 14.6. The predicted molar refractivity (Wildman–Crippen MR) is 160 cm³/mol. The van der Waals surface area contributed by atoms with E-state index in [1.807, 2.05) is 22.0 Å². The van der Waals surface area contributed by atoms with Gasteiger partial charge in [0.05, 0.1) is 23.2 Å². The molecule has 7 nitrogen and oxygen atoms in total. The van der Waals surface area contributed by atoms with Gasteiger partial charge in [-0.25, -0.2) is 0 Å². The molecule has 4 fully saturated rings. The molecule has 4 rings (SSSR count). The Morgan fingerprint density at radius 3 is 2.52 bits per heavy atom. The number of aliphatic hydroxyl groups is 1. The maximum Gasteiger partial charge on any atom is 0.311 e. The van der Waals surface area contributed by atoms with Gasteiger partial charge < -0.3 is 19.6 Å². The van der Waals surface area contributed by atoms with Gasteiger partial charge in [-0.1, -0.05) is 44.3 Å². The first kappa shape index (κ1) is 31.1. The molecule has 0 aromatic rings. The monoisotopic (exact) mass is 574 g/mol. The summed E-state index contributed by atoms with van der Waals surface area (Å²) in [6.45, 7) is 11.3. The third-order valence-corrected chi connectivity index (χ3v) is 11.7. The van der Waals surface area contributed by atoms with Gasteiger partial charge >= 0.3 is 5.97 Å². The van der Waals surface area contributed by atoms with Gasteiger partial charge in [0, 0.05) is 30.5 Å². The van der Waals surface area contributed by atoms with Crippen molar-refractivity contribution in [2.24, 2.45) is 11.8 Å². The Morgan fingerprint density at radius 1 is 1.07 bits per heavy atom. The highest BCUT2D eigenvalue weighted by Crippen LogP contribution is 2.71. The standard InChI is InChI=1S/C32H50N2O5S/c1-4-6-7-15-23-39-30(38)26-25-28(36)34(21-13-8-9-14-22-35)27(32(25)19-18-31(26,3)40-32)29(37)33(20-5-2)24-16-11-10-12-17-24/h4-5,24-27,35H,1-2,6-23H2,3H3/t25-,26-,27?,31+,32?/m0/s1. The second-order valence-corrected chi connectivity index (χ2v) is 14.3. The van der Waals surface area contributed by atoms with E-state index in [0.717, 1.165) is 83.5 Å². The largest absolute Gasteiger partial charge is 0.465 e. The molecule has 1 spiro atoms. The summed E-state index contributed by atoms with van der Waals surface area (Å²) in [6, 6.07) is -0.395. The number of hydrogen-bond donors (Lipinski definition) is 1. The van der Waals surface area contributed by atoms with E-state index < -0.39 is 27.4 Å². The smallest absolute Gasteiger partial charge is 0.311 e. The minimum Gasteiger partial charge on any atom is -0.465 e. The van der Waals surface area contributed by atoms with E-state index in [1.165, 1.54) is 6.42 Å². The SMILES string of the molecule is C=CCCCCOC(=O)[C@@H]1[C@H]2C(=O)N(CCCCCCO)C(C(=O)N(CC=C)C3CCCCC3)C23CC[C@@]1(C)S3. The first-order valence-electron chi connectivity index (χ1n) is 15.6. The van der Waals surface area contributed by atoms with Crippen molar-refractivity contribution < 1.29 is 24.2 Å². The van der Waals surface area contributed by atoms with Crippen LogP contribution in [0, 0.1) is 11.8 Å². The fraction of sp³-hybridized carbons (Fsp3) is 0.781. The van der Waals surface area contributed by atoms with Crippen molar-refractivity contribution >= 4 is 29.5 Å². The number of thioether (sulfide) groups is 1. The lowest BCUT2D eigenvalue weighted by molar-refractivity contribution is -0.155. The third kappa shape index (κ3) is 6.04. The molecule has 0 radical (unpaired) electrons. The van der Waals surface area contributed by atoms with Crippen molar-refractivity contribution in [3.63, 3.8) is 0 Å². The molecule has 4 aliphatic rings. The van der Waals surface area contributed by atoms with E-state index in [-0.39, 0.29) is 30.4 Å². The zero-order valence-corrected chi connectivity index (χ0v) is 25.3. The molecule has 2 unspecified atom stereocenters. The Kier molecular flexibility index (Phi) is 10.8. The molecule has 3 saturated heterocycles. The number of carbonyl (C=O) groups excluding carboxylic acids is 3. The summed E-state index contributed by atoms with van der Waals surface area (Å²) in [6.07, 6.45) is 16.5. The van der Waals surface area contributed by atoms with Gasteiger partial charge in [0.15, 0.2) is 0 Å². The summed E-state index contributed by atoms with van der Waals surface area (Å²) >= 11 is 1.73. The number of rotatable bonds is 16. The van der Waals surface area contributed by atoms with E-state index in [2.05, 4.69) is 20.1 Å². The van der Waals surface area contributed by atoms with Crippen molar-refractivity contribution in [2.75, 3.05) is 26.3 Å². The molecule has 2 amide bonds.